The quantitative estimate of drug-likeness (QED) is 0.844. The van der Waals surface area contributed by atoms with Crippen molar-refractivity contribution in [2.45, 2.75) is 46.6 Å². The molecule has 0 radical (unpaired) electrons. The molecule has 0 aromatic heterocycles. The van der Waals surface area contributed by atoms with Crippen LogP contribution in [0.2, 0.25) is 0 Å². The van der Waals surface area contributed by atoms with Crippen LogP contribution in [0.15, 0.2) is 0 Å². The van der Waals surface area contributed by atoms with Gasteiger partial charge >= 0.3 is 5.97 Å². The Bertz CT molecular complexity index is 517. The molecular weight excluding hydrogens is 316 g/mol. The molecule has 23 heavy (non-hydrogen) atoms. The number of likely N-dealkylation sites (tertiary alicyclic amines) is 1. The summed E-state index contributed by atoms with van der Waals surface area (Å²) in [6.07, 6.45) is 0.869. The molecule has 2 saturated heterocycles. The molecule has 0 aliphatic carbocycles. The van der Waals surface area contributed by atoms with Crippen LogP contribution in [-0.2, 0) is 14.4 Å². The Morgan fingerprint density at radius 3 is 2.48 bits per heavy atom. The number of carboxylic acids is 1. The standard InChI is InChI=1S/C16H26N2O4S/c1-15(2,3)7-12(19)18-10-23-8-11(18)13(20)17-6-5-16(4,9-17)14(21)22/h11H,5-10H2,1-4H3,(H,21,22). The smallest absolute Gasteiger partial charge is 0.311 e. The summed E-state index contributed by atoms with van der Waals surface area (Å²) in [5, 5.41) is 9.30. The average molecular weight is 342 g/mol. The number of rotatable bonds is 3. The lowest BCUT2D eigenvalue weighted by molar-refractivity contribution is -0.148. The third kappa shape index (κ3) is 4.00. The zero-order valence-electron chi connectivity index (χ0n) is 14.3. The molecule has 2 atom stereocenters. The Morgan fingerprint density at radius 2 is 1.96 bits per heavy atom. The van der Waals surface area contributed by atoms with Gasteiger partial charge in [-0.15, -0.1) is 11.8 Å². The van der Waals surface area contributed by atoms with Gasteiger partial charge in [0.05, 0.1) is 11.3 Å². The highest BCUT2D eigenvalue weighted by Crippen LogP contribution is 2.33. The predicted molar refractivity (Wildman–Crippen MR) is 89.0 cm³/mol. The second-order valence-electron chi connectivity index (χ2n) is 7.99. The Hall–Kier alpha value is -1.24. The van der Waals surface area contributed by atoms with Gasteiger partial charge in [0.2, 0.25) is 11.8 Å². The van der Waals surface area contributed by atoms with Crippen molar-refractivity contribution in [3.63, 3.8) is 0 Å². The fourth-order valence-electron chi connectivity index (χ4n) is 2.98. The van der Waals surface area contributed by atoms with Crippen molar-refractivity contribution < 1.29 is 19.5 Å². The van der Waals surface area contributed by atoms with E-state index in [-0.39, 0.29) is 23.8 Å². The molecule has 1 N–H and O–H groups in total. The monoisotopic (exact) mass is 342 g/mol. The maximum atomic E-state index is 12.8. The first-order chi connectivity index (χ1) is 10.5. The molecule has 2 heterocycles. The number of thioether (sulfide) groups is 1. The van der Waals surface area contributed by atoms with Crippen molar-refractivity contribution in [1.29, 1.82) is 0 Å². The van der Waals surface area contributed by atoms with Crippen LogP contribution in [-0.4, -0.2) is 63.5 Å². The first-order valence-corrected chi connectivity index (χ1v) is 9.08. The maximum Gasteiger partial charge on any atom is 0.311 e. The lowest BCUT2D eigenvalue weighted by Gasteiger charge is -2.30. The number of carboxylic acid groups (broad SMARTS) is 1. The maximum absolute atomic E-state index is 12.8. The summed E-state index contributed by atoms with van der Waals surface area (Å²) < 4.78 is 0. The molecule has 0 bridgehead atoms. The van der Waals surface area contributed by atoms with E-state index >= 15 is 0 Å². The molecule has 0 spiro atoms. The Balaban J connectivity index is 2.04. The van der Waals surface area contributed by atoms with Gasteiger partial charge in [-0.05, 0) is 18.8 Å². The summed E-state index contributed by atoms with van der Waals surface area (Å²) in [5.41, 5.74) is -0.991. The van der Waals surface area contributed by atoms with Crippen molar-refractivity contribution in [3.8, 4) is 0 Å². The molecule has 130 valence electrons. The number of hydrogen-bond donors (Lipinski definition) is 1. The van der Waals surface area contributed by atoms with Crippen molar-refractivity contribution in [2.75, 3.05) is 24.7 Å². The zero-order chi connectivity index (χ0) is 17.4. The minimum Gasteiger partial charge on any atom is -0.481 e. The molecule has 2 aliphatic heterocycles. The lowest BCUT2D eigenvalue weighted by Crippen LogP contribution is -2.49. The van der Waals surface area contributed by atoms with E-state index in [1.165, 1.54) is 0 Å². The number of aliphatic carboxylic acids is 1. The Kier molecular flexibility index (Phi) is 4.99. The highest BCUT2D eigenvalue weighted by molar-refractivity contribution is 7.99. The number of carbonyl (C=O) groups excluding carboxylic acids is 2. The number of carbonyl (C=O) groups is 3. The highest BCUT2D eigenvalue weighted by Gasteiger charge is 2.45. The summed E-state index contributed by atoms with van der Waals surface area (Å²) in [5.74, 6) is 0.155. The van der Waals surface area contributed by atoms with Crippen LogP contribution in [0, 0.1) is 10.8 Å². The van der Waals surface area contributed by atoms with Gasteiger partial charge in [0.25, 0.3) is 0 Å². The van der Waals surface area contributed by atoms with Crippen molar-refractivity contribution in [1.82, 2.24) is 9.80 Å². The molecule has 0 aromatic rings. The third-order valence-electron chi connectivity index (χ3n) is 4.47. The molecule has 2 amide bonds. The van der Waals surface area contributed by atoms with Crippen molar-refractivity contribution >= 4 is 29.5 Å². The second kappa shape index (κ2) is 6.34. The summed E-state index contributed by atoms with van der Waals surface area (Å²) in [7, 11) is 0. The first kappa shape index (κ1) is 18.1. The van der Waals surface area contributed by atoms with Crippen LogP contribution < -0.4 is 0 Å². The summed E-state index contributed by atoms with van der Waals surface area (Å²) in [6, 6.07) is -0.453. The molecule has 7 heteroatoms. The molecular formula is C16H26N2O4S. The molecule has 0 aromatic carbocycles. The molecule has 2 fully saturated rings. The molecule has 0 saturated carbocycles. The molecule has 2 rings (SSSR count). The van der Waals surface area contributed by atoms with Gasteiger partial charge in [0.1, 0.15) is 6.04 Å². The number of hydrogen-bond acceptors (Lipinski definition) is 4. The van der Waals surface area contributed by atoms with E-state index in [1.807, 2.05) is 20.8 Å². The van der Waals surface area contributed by atoms with Gasteiger partial charge in [-0.1, -0.05) is 20.8 Å². The zero-order valence-corrected chi connectivity index (χ0v) is 15.1. The first-order valence-electron chi connectivity index (χ1n) is 7.93. The van der Waals surface area contributed by atoms with E-state index in [4.69, 9.17) is 0 Å². The third-order valence-corrected chi connectivity index (χ3v) is 5.48. The van der Waals surface area contributed by atoms with Gasteiger partial charge in [0.15, 0.2) is 0 Å². The van der Waals surface area contributed by atoms with E-state index in [0.29, 0.717) is 31.0 Å². The number of amides is 2. The van der Waals surface area contributed by atoms with Gasteiger partial charge in [0, 0.05) is 25.3 Å². The van der Waals surface area contributed by atoms with E-state index in [9.17, 15) is 19.5 Å². The van der Waals surface area contributed by atoms with E-state index < -0.39 is 17.4 Å². The highest BCUT2D eigenvalue weighted by atomic mass is 32.2. The molecule has 2 aliphatic rings. The lowest BCUT2D eigenvalue weighted by atomic mass is 9.90. The van der Waals surface area contributed by atoms with Crippen molar-refractivity contribution in [3.05, 3.63) is 0 Å². The topological polar surface area (TPSA) is 77.9 Å². The van der Waals surface area contributed by atoms with Gasteiger partial charge in [-0.25, -0.2) is 0 Å². The van der Waals surface area contributed by atoms with Crippen molar-refractivity contribution in [2.24, 2.45) is 10.8 Å². The number of nitrogens with zero attached hydrogens (tertiary/aromatic N) is 2. The van der Waals surface area contributed by atoms with Crippen LogP contribution in [0.1, 0.15) is 40.5 Å². The summed E-state index contributed by atoms with van der Waals surface area (Å²) in [4.78, 5) is 39.8. The van der Waals surface area contributed by atoms with Gasteiger partial charge in [-0.3, -0.25) is 14.4 Å². The fraction of sp³-hybridized carbons (Fsp3) is 0.812. The summed E-state index contributed by atoms with van der Waals surface area (Å²) >= 11 is 1.58. The van der Waals surface area contributed by atoms with Crippen LogP contribution in [0.5, 0.6) is 0 Å². The van der Waals surface area contributed by atoms with Gasteiger partial charge in [-0.2, -0.15) is 0 Å². The molecule has 2 unspecified atom stereocenters. The van der Waals surface area contributed by atoms with Crippen LogP contribution >= 0.6 is 11.8 Å². The fourth-order valence-corrected chi connectivity index (χ4v) is 4.15. The van der Waals surface area contributed by atoms with Gasteiger partial charge < -0.3 is 14.9 Å². The van der Waals surface area contributed by atoms with E-state index in [0.717, 1.165) is 0 Å². The minimum absolute atomic E-state index is 0.000966. The Labute approximate surface area is 141 Å². The normalized spacial score (nSPS) is 28.3. The average Bonchev–Trinajstić information content (AvgIpc) is 3.03. The minimum atomic E-state index is -0.873. The summed E-state index contributed by atoms with van der Waals surface area (Å²) in [6.45, 7) is 8.36. The largest absolute Gasteiger partial charge is 0.481 e. The van der Waals surface area contributed by atoms with Crippen LogP contribution in [0.3, 0.4) is 0 Å². The van der Waals surface area contributed by atoms with Crippen LogP contribution in [0.4, 0.5) is 0 Å². The second-order valence-corrected chi connectivity index (χ2v) is 8.99. The SMILES string of the molecule is CC(C)(C)CC(=O)N1CSCC1C(=O)N1CCC(C)(C(=O)O)C1. The predicted octanol–water partition coefficient (Wildman–Crippen LogP) is 1.65. The van der Waals surface area contributed by atoms with E-state index in [2.05, 4.69) is 0 Å². The Morgan fingerprint density at radius 1 is 1.30 bits per heavy atom. The van der Waals surface area contributed by atoms with E-state index in [1.54, 1.807) is 28.5 Å². The molecule has 6 nitrogen and oxygen atoms in total. The van der Waals surface area contributed by atoms with Crippen LogP contribution in [0.25, 0.3) is 0 Å².